The molecule has 2 aliphatic rings. The summed E-state index contributed by atoms with van der Waals surface area (Å²) >= 11 is 0. The van der Waals surface area contributed by atoms with Crippen molar-refractivity contribution in [3.05, 3.63) is 0 Å². The first-order chi connectivity index (χ1) is 7.66. The zero-order valence-electron chi connectivity index (χ0n) is 8.99. The Bertz CT molecular complexity index is 329. The number of carbonyl (C=O) groups excluding carboxylic acids is 3. The van der Waals surface area contributed by atoms with E-state index in [1.54, 1.807) is 4.90 Å². The van der Waals surface area contributed by atoms with Crippen LogP contribution < -0.4 is 10.6 Å². The summed E-state index contributed by atoms with van der Waals surface area (Å²) in [6.45, 7) is 1.46. The highest BCUT2D eigenvalue weighted by Gasteiger charge is 2.31. The first kappa shape index (κ1) is 10.9. The SMILES string of the molecule is O=C1CCN(C(=O)C2CCC(=O)N2)CCN1. The number of nitrogens with one attached hydrogen (secondary N) is 2. The molecule has 3 amide bonds. The van der Waals surface area contributed by atoms with Crippen LogP contribution in [0.1, 0.15) is 19.3 Å². The Labute approximate surface area is 93.4 Å². The van der Waals surface area contributed by atoms with Gasteiger partial charge in [-0.1, -0.05) is 0 Å². The quantitative estimate of drug-likeness (QED) is 0.577. The Morgan fingerprint density at radius 2 is 2.00 bits per heavy atom. The van der Waals surface area contributed by atoms with Crippen molar-refractivity contribution in [2.24, 2.45) is 0 Å². The average Bonchev–Trinajstić information content (AvgIpc) is 2.57. The smallest absolute Gasteiger partial charge is 0.245 e. The number of nitrogens with zero attached hydrogens (tertiary/aromatic N) is 1. The van der Waals surface area contributed by atoms with E-state index in [1.165, 1.54) is 0 Å². The number of hydrogen-bond acceptors (Lipinski definition) is 3. The van der Waals surface area contributed by atoms with Gasteiger partial charge in [0.05, 0.1) is 0 Å². The molecular formula is C10H15N3O3. The summed E-state index contributed by atoms with van der Waals surface area (Å²) in [7, 11) is 0. The minimum absolute atomic E-state index is 0.0224. The Kier molecular flexibility index (Phi) is 3.07. The summed E-state index contributed by atoms with van der Waals surface area (Å²) in [6.07, 6.45) is 1.32. The lowest BCUT2D eigenvalue weighted by atomic mass is 10.2. The van der Waals surface area contributed by atoms with Crippen molar-refractivity contribution in [2.45, 2.75) is 25.3 Å². The molecule has 2 aliphatic heterocycles. The number of hydrogen-bond donors (Lipinski definition) is 2. The molecule has 0 bridgehead atoms. The van der Waals surface area contributed by atoms with Gasteiger partial charge in [0.25, 0.3) is 0 Å². The van der Waals surface area contributed by atoms with E-state index in [0.29, 0.717) is 38.9 Å². The second-order valence-electron chi connectivity index (χ2n) is 4.08. The Morgan fingerprint density at radius 1 is 1.19 bits per heavy atom. The molecule has 1 unspecified atom stereocenters. The van der Waals surface area contributed by atoms with Gasteiger partial charge in [-0.05, 0) is 6.42 Å². The van der Waals surface area contributed by atoms with Gasteiger partial charge in [0.2, 0.25) is 17.7 Å². The monoisotopic (exact) mass is 225 g/mol. The van der Waals surface area contributed by atoms with Crippen molar-refractivity contribution >= 4 is 17.7 Å². The molecular weight excluding hydrogens is 210 g/mol. The lowest BCUT2D eigenvalue weighted by molar-refractivity contribution is -0.134. The summed E-state index contributed by atoms with van der Waals surface area (Å²) in [5.74, 6) is -0.157. The maximum Gasteiger partial charge on any atom is 0.245 e. The molecule has 2 rings (SSSR count). The molecule has 0 radical (unpaired) electrons. The average molecular weight is 225 g/mol. The molecule has 0 aromatic heterocycles. The van der Waals surface area contributed by atoms with E-state index in [4.69, 9.17) is 0 Å². The Balaban J connectivity index is 1.93. The van der Waals surface area contributed by atoms with Crippen LogP contribution in [-0.4, -0.2) is 48.3 Å². The van der Waals surface area contributed by atoms with E-state index >= 15 is 0 Å². The number of rotatable bonds is 1. The largest absolute Gasteiger partial charge is 0.354 e. The zero-order chi connectivity index (χ0) is 11.5. The molecule has 0 aromatic rings. The fourth-order valence-corrected chi connectivity index (χ4v) is 2.01. The fourth-order valence-electron chi connectivity index (χ4n) is 2.01. The molecule has 6 nitrogen and oxygen atoms in total. The first-order valence-corrected chi connectivity index (χ1v) is 5.51. The van der Waals surface area contributed by atoms with Crippen LogP contribution in [0.5, 0.6) is 0 Å². The normalized spacial score (nSPS) is 26.0. The summed E-state index contributed by atoms with van der Waals surface area (Å²) < 4.78 is 0. The number of carbonyl (C=O) groups is 3. The Hall–Kier alpha value is -1.59. The summed E-state index contributed by atoms with van der Waals surface area (Å²) in [6, 6.07) is -0.388. The lowest BCUT2D eigenvalue weighted by Gasteiger charge is -2.22. The van der Waals surface area contributed by atoms with Gasteiger partial charge in [-0.2, -0.15) is 0 Å². The summed E-state index contributed by atoms with van der Waals surface area (Å²) in [5, 5.41) is 5.36. The Morgan fingerprint density at radius 3 is 2.69 bits per heavy atom. The highest BCUT2D eigenvalue weighted by atomic mass is 16.2. The van der Waals surface area contributed by atoms with Crippen LogP contribution in [0.15, 0.2) is 0 Å². The second kappa shape index (κ2) is 4.51. The van der Waals surface area contributed by atoms with Gasteiger partial charge in [-0.15, -0.1) is 0 Å². The second-order valence-corrected chi connectivity index (χ2v) is 4.08. The molecule has 88 valence electrons. The van der Waals surface area contributed by atoms with Crippen molar-refractivity contribution in [2.75, 3.05) is 19.6 Å². The van der Waals surface area contributed by atoms with Crippen LogP contribution in [0, 0.1) is 0 Å². The van der Waals surface area contributed by atoms with Crippen LogP contribution >= 0.6 is 0 Å². The predicted molar refractivity (Wildman–Crippen MR) is 55.4 cm³/mol. The van der Waals surface area contributed by atoms with E-state index in [-0.39, 0.29) is 23.8 Å². The van der Waals surface area contributed by atoms with Crippen LogP contribution in [0.25, 0.3) is 0 Å². The molecule has 16 heavy (non-hydrogen) atoms. The van der Waals surface area contributed by atoms with Gasteiger partial charge < -0.3 is 15.5 Å². The third-order valence-electron chi connectivity index (χ3n) is 2.92. The molecule has 0 aliphatic carbocycles. The minimum atomic E-state index is -0.388. The maximum atomic E-state index is 12.0. The van der Waals surface area contributed by atoms with E-state index in [1.807, 2.05) is 0 Å². The van der Waals surface area contributed by atoms with Gasteiger partial charge >= 0.3 is 0 Å². The van der Waals surface area contributed by atoms with E-state index in [0.717, 1.165) is 0 Å². The van der Waals surface area contributed by atoms with Gasteiger partial charge in [-0.3, -0.25) is 14.4 Å². The van der Waals surface area contributed by atoms with Gasteiger partial charge in [0.1, 0.15) is 6.04 Å². The first-order valence-electron chi connectivity index (χ1n) is 5.51. The van der Waals surface area contributed by atoms with Crippen LogP contribution in [0.4, 0.5) is 0 Å². The standard InChI is InChI=1S/C10H15N3O3/c14-8-3-5-13(6-4-11-8)10(16)7-1-2-9(15)12-7/h7H,1-6H2,(H,11,14)(H,12,15). The molecule has 2 heterocycles. The molecule has 0 saturated carbocycles. The number of amides is 3. The zero-order valence-corrected chi connectivity index (χ0v) is 8.99. The minimum Gasteiger partial charge on any atom is -0.354 e. The van der Waals surface area contributed by atoms with Gasteiger partial charge in [0, 0.05) is 32.5 Å². The third kappa shape index (κ3) is 2.32. The van der Waals surface area contributed by atoms with E-state index in [2.05, 4.69) is 10.6 Å². The fraction of sp³-hybridized carbons (Fsp3) is 0.700. The van der Waals surface area contributed by atoms with Crippen molar-refractivity contribution in [3.63, 3.8) is 0 Å². The molecule has 2 N–H and O–H groups in total. The van der Waals surface area contributed by atoms with Crippen LogP contribution in [0.3, 0.4) is 0 Å². The van der Waals surface area contributed by atoms with E-state index in [9.17, 15) is 14.4 Å². The summed E-state index contributed by atoms with van der Waals surface area (Å²) in [4.78, 5) is 35.7. The third-order valence-corrected chi connectivity index (χ3v) is 2.92. The highest BCUT2D eigenvalue weighted by Crippen LogP contribution is 2.10. The predicted octanol–water partition coefficient (Wildman–Crippen LogP) is -1.39. The maximum absolute atomic E-state index is 12.0. The molecule has 0 aromatic carbocycles. The van der Waals surface area contributed by atoms with Crippen molar-refractivity contribution < 1.29 is 14.4 Å². The molecule has 2 fully saturated rings. The molecule has 6 heteroatoms. The lowest BCUT2D eigenvalue weighted by Crippen LogP contribution is -2.45. The summed E-state index contributed by atoms with van der Waals surface area (Å²) in [5.41, 5.74) is 0. The van der Waals surface area contributed by atoms with Gasteiger partial charge in [-0.25, -0.2) is 0 Å². The van der Waals surface area contributed by atoms with Crippen molar-refractivity contribution in [3.8, 4) is 0 Å². The van der Waals surface area contributed by atoms with Gasteiger partial charge in [0.15, 0.2) is 0 Å². The highest BCUT2D eigenvalue weighted by molar-refractivity contribution is 5.91. The topological polar surface area (TPSA) is 78.5 Å². The van der Waals surface area contributed by atoms with Crippen molar-refractivity contribution in [1.29, 1.82) is 0 Å². The van der Waals surface area contributed by atoms with Crippen LogP contribution in [0.2, 0.25) is 0 Å². The molecule has 0 spiro atoms. The van der Waals surface area contributed by atoms with Crippen LogP contribution in [-0.2, 0) is 14.4 Å². The van der Waals surface area contributed by atoms with E-state index < -0.39 is 0 Å². The van der Waals surface area contributed by atoms with Crippen molar-refractivity contribution in [1.82, 2.24) is 15.5 Å². The molecule has 2 saturated heterocycles. The molecule has 1 atom stereocenters.